The summed E-state index contributed by atoms with van der Waals surface area (Å²) < 4.78 is 0. The predicted molar refractivity (Wildman–Crippen MR) is 119 cm³/mol. The first-order valence-electron chi connectivity index (χ1n) is 9.43. The molecule has 2 aromatic rings. The van der Waals surface area contributed by atoms with Crippen LogP contribution in [-0.2, 0) is 22.6 Å². The third kappa shape index (κ3) is 6.91. The van der Waals surface area contributed by atoms with Crippen molar-refractivity contribution >= 4 is 46.6 Å². The van der Waals surface area contributed by atoms with Gasteiger partial charge >= 0.3 is 0 Å². The Morgan fingerprint density at radius 3 is 2.21 bits per heavy atom. The van der Waals surface area contributed by atoms with Crippen LogP contribution in [0.15, 0.2) is 42.5 Å². The fraction of sp³-hybridized carbons (Fsp3) is 0.364. The van der Waals surface area contributed by atoms with Gasteiger partial charge < -0.3 is 10.2 Å². The zero-order valence-electron chi connectivity index (χ0n) is 16.7. The number of hydrogen-bond donors (Lipinski definition) is 1. The van der Waals surface area contributed by atoms with Gasteiger partial charge in [-0.2, -0.15) is 0 Å². The van der Waals surface area contributed by atoms with Crippen LogP contribution in [0.5, 0.6) is 0 Å². The second kappa shape index (κ2) is 10.9. The van der Waals surface area contributed by atoms with Gasteiger partial charge in [-0.3, -0.25) is 9.59 Å². The molecule has 2 rings (SSSR count). The summed E-state index contributed by atoms with van der Waals surface area (Å²) in [4.78, 5) is 27.4. The van der Waals surface area contributed by atoms with Crippen LogP contribution in [0, 0.1) is 5.92 Å². The molecule has 0 unspecified atom stereocenters. The molecule has 0 heterocycles. The molecule has 29 heavy (non-hydrogen) atoms. The van der Waals surface area contributed by atoms with Gasteiger partial charge in [0.05, 0.1) is 6.42 Å². The van der Waals surface area contributed by atoms with E-state index in [9.17, 15) is 9.59 Å². The predicted octanol–water partition coefficient (Wildman–Crippen LogP) is 5.38. The summed E-state index contributed by atoms with van der Waals surface area (Å²) in [5.74, 6) is -0.142. The maximum atomic E-state index is 13.2. The van der Waals surface area contributed by atoms with Crippen LogP contribution in [0.25, 0.3) is 0 Å². The number of carbonyl (C=O) groups is 2. The number of nitrogens with one attached hydrogen (secondary N) is 1. The first-order valence-corrected chi connectivity index (χ1v) is 10.6. The van der Waals surface area contributed by atoms with Crippen molar-refractivity contribution in [2.75, 3.05) is 6.54 Å². The van der Waals surface area contributed by atoms with Gasteiger partial charge in [0.2, 0.25) is 11.8 Å². The lowest BCUT2D eigenvalue weighted by Gasteiger charge is -2.29. The Kier molecular flexibility index (Phi) is 8.81. The third-order valence-corrected chi connectivity index (χ3v) is 5.43. The average Bonchev–Trinajstić information content (AvgIpc) is 2.66. The van der Waals surface area contributed by atoms with Crippen molar-refractivity contribution in [1.29, 1.82) is 0 Å². The van der Waals surface area contributed by atoms with E-state index < -0.39 is 6.04 Å². The summed E-state index contributed by atoms with van der Waals surface area (Å²) in [5, 5.41) is 4.30. The Balaban J connectivity index is 2.27. The van der Waals surface area contributed by atoms with E-state index in [2.05, 4.69) is 5.32 Å². The molecule has 7 heteroatoms. The zero-order valence-corrected chi connectivity index (χ0v) is 19.0. The highest BCUT2D eigenvalue weighted by Gasteiger charge is 2.27. The van der Waals surface area contributed by atoms with E-state index in [1.54, 1.807) is 37.3 Å². The molecule has 0 spiro atoms. The van der Waals surface area contributed by atoms with Crippen LogP contribution in [0.4, 0.5) is 0 Å². The normalized spacial score (nSPS) is 12.0. The number of rotatable bonds is 8. The van der Waals surface area contributed by atoms with E-state index in [-0.39, 0.29) is 24.8 Å². The number of carbonyl (C=O) groups excluding carboxylic acids is 2. The Hall–Kier alpha value is -1.75. The summed E-state index contributed by atoms with van der Waals surface area (Å²) in [7, 11) is 0. The van der Waals surface area contributed by atoms with E-state index in [0.29, 0.717) is 33.1 Å². The molecule has 0 saturated carbocycles. The van der Waals surface area contributed by atoms with Gasteiger partial charge in [-0.1, -0.05) is 66.8 Å². The Morgan fingerprint density at radius 2 is 1.62 bits per heavy atom. The SMILES string of the molecule is CC(C)CNC(=O)[C@H](C)N(Cc1cccc(Cl)c1)C(=O)Cc1c(Cl)cccc1Cl. The summed E-state index contributed by atoms with van der Waals surface area (Å²) in [6.45, 7) is 6.53. The van der Waals surface area contributed by atoms with Gasteiger partial charge in [0.25, 0.3) is 0 Å². The van der Waals surface area contributed by atoms with Gasteiger partial charge in [-0.15, -0.1) is 0 Å². The summed E-state index contributed by atoms with van der Waals surface area (Å²) in [5.41, 5.74) is 1.38. The number of benzene rings is 2. The molecule has 0 fully saturated rings. The lowest BCUT2D eigenvalue weighted by Crippen LogP contribution is -2.48. The molecule has 0 aliphatic heterocycles. The van der Waals surface area contributed by atoms with Gasteiger partial charge in [0.1, 0.15) is 6.04 Å². The number of halogens is 3. The molecule has 0 saturated heterocycles. The minimum absolute atomic E-state index is 0.000866. The monoisotopic (exact) mass is 454 g/mol. The minimum Gasteiger partial charge on any atom is -0.354 e. The van der Waals surface area contributed by atoms with Crippen LogP contribution >= 0.6 is 34.8 Å². The van der Waals surface area contributed by atoms with Crippen LogP contribution in [0.1, 0.15) is 31.9 Å². The Morgan fingerprint density at radius 1 is 1.00 bits per heavy atom. The van der Waals surface area contributed by atoms with Gasteiger partial charge in [0, 0.05) is 28.2 Å². The molecule has 0 bridgehead atoms. The summed E-state index contributed by atoms with van der Waals surface area (Å²) in [6.07, 6.45) is 0.000866. The molecule has 4 nitrogen and oxygen atoms in total. The van der Waals surface area contributed by atoms with Crippen LogP contribution in [0.2, 0.25) is 15.1 Å². The molecule has 0 aliphatic rings. The highest BCUT2D eigenvalue weighted by atomic mass is 35.5. The van der Waals surface area contributed by atoms with E-state index in [1.165, 1.54) is 4.90 Å². The highest BCUT2D eigenvalue weighted by Crippen LogP contribution is 2.26. The van der Waals surface area contributed by atoms with Crippen molar-refractivity contribution in [3.8, 4) is 0 Å². The number of amides is 2. The molecule has 1 atom stereocenters. The molecule has 1 N–H and O–H groups in total. The van der Waals surface area contributed by atoms with Crippen molar-refractivity contribution in [1.82, 2.24) is 10.2 Å². The topological polar surface area (TPSA) is 49.4 Å². The smallest absolute Gasteiger partial charge is 0.242 e. The molecule has 2 amide bonds. The minimum atomic E-state index is -0.665. The van der Waals surface area contributed by atoms with Crippen molar-refractivity contribution in [2.45, 2.75) is 39.8 Å². The van der Waals surface area contributed by atoms with Gasteiger partial charge in [0.15, 0.2) is 0 Å². The number of hydrogen-bond acceptors (Lipinski definition) is 2. The number of nitrogens with zero attached hydrogens (tertiary/aromatic N) is 1. The second-order valence-corrected chi connectivity index (χ2v) is 8.59. The standard InChI is InChI=1S/C22H25Cl3N2O2/c1-14(2)12-26-22(29)15(3)27(13-16-6-4-7-17(23)10-16)21(28)11-18-19(24)8-5-9-20(18)25/h4-10,14-15H,11-13H2,1-3H3,(H,26,29)/t15-/m0/s1. The summed E-state index contributed by atoms with van der Waals surface area (Å²) >= 11 is 18.6. The first-order chi connectivity index (χ1) is 13.7. The largest absolute Gasteiger partial charge is 0.354 e. The lowest BCUT2D eigenvalue weighted by atomic mass is 10.1. The maximum Gasteiger partial charge on any atom is 0.242 e. The van der Waals surface area contributed by atoms with Crippen molar-refractivity contribution in [2.24, 2.45) is 5.92 Å². The maximum absolute atomic E-state index is 13.2. The average molecular weight is 456 g/mol. The molecular weight excluding hydrogens is 431 g/mol. The van der Waals surface area contributed by atoms with Crippen LogP contribution < -0.4 is 5.32 Å². The first kappa shape index (κ1) is 23.5. The molecule has 2 aromatic carbocycles. The fourth-order valence-corrected chi connectivity index (χ4v) is 3.57. The van der Waals surface area contributed by atoms with Crippen molar-refractivity contribution in [3.05, 3.63) is 68.7 Å². The quantitative estimate of drug-likeness (QED) is 0.581. The van der Waals surface area contributed by atoms with E-state index in [4.69, 9.17) is 34.8 Å². The molecular formula is C22H25Cl3N2O2. The van der Waals surface area contributed by atoms with E-state index in [1.807, 2.05) is 26.0 Å². The second-order valence-electron chi connectivity index (χ2n) is 7.34. The fourth-order valence-electron chi connectivity index (χ4n) is 2.82. The van der Waals surface area contributed by atoms with Crippen LogP contribution in [0.3, 0.4) is 0 Å². The van der Waals surface area contributed by atoms with E-state index >= 15 is 0 Å². The highest BCUT2D eigenvalue weighted by molar-refractivity contribution is 6.36. The zero-order chi connectivity index (χ0) is 21.6. The molecule has 0 aromatic heterocycles. The molecule has 0 aliphatic carbocycles. The molecule has 0 radical (unpaired) electrons. The van der Waals surface area contributed by atoms with Gasteiger partial charge in [-0.25, -0.2) is 0 Å². The third-order valence-electron chi connectivity index (χ3n) is 4.48. The Bertz CT molecular complexity index is 851. The Labute approximate surface area is 187 Å². The summed E-state index contributed by atoms with van der Waals surface area (Å²) in [6, 6.07) is 11.7. The molecule has 156 valence electrons. The van der Waals surface area contributed by atoms with Gasteiger partial charge in [-0.05, 0) is 48.2 Å². The van der Waals surface area contributed by atoms with Crippen molar-refractivity contribution in [3.63, 3.8) is 0 Å². The van der Waals surface area contributed by atoms with Crippen molar-refractivity contribution < 1.29 is 9.59 Å². The lowest BCUT2D eigenvalue weighted by molar-refractivity contribution is -0.140. The van der Waals surface area contributed by atoms with Crippen LogP contribution in [-0.4, -0.2) is 29.3 Å². The van der Waals surface area contributed by atoms with E-state index in [0.717, 1.165) is 5.56 Å².